The van der Waals surface area contributed by atoms with Crippen molar-refractivity contribution >= 4 is 5.97 Å². The second-order valence-electron chi connectivity index (χ2n) is 7.59. The number of carbonyl (C=O) groups is 1. The Balaban J connectivity index is 2.12. The number of benzene rings is 1. The van der Waals surface area contributed by atoms with E-state index in [4.69, 9.17) is 4.74 Å². The maximum atomic E-state index is 14.0. The lowest BCUT2D eigenvalue weighted by Crippen LogP contribution is -2.38. The molecular formula is C21H18F4N2O3. The minimum absolute atomic E-state index is 0.0300. The molecule has 0 bridgehead atoms. The van der Waals surface area contributed by atoms with Gasteiger partial charge in [0.2, 0.25) is 5.88 Å². The van der Waals surface area contributed by atoms with E-state index in [1.807, 2.05) is 0 Å². The number of hydrogen-bond donors (Lipinski definition) is 1. The first-order chi connectivity index (χ1) is 14.1. The lowest BCUT2D eigenvalue weighted by Gasteiger charge is -2.25. The molecule has 3 rings (SSSR count). The summed E-state index contributed by atoms with van der Waals surface area (Å²) in [6, 6.07) is 14.1. The van der Waals surface area contributed by atoms with Crippen LogP contribution in [0, 0.1) is 27.6 Å². The fraction of sp³-hybridized carbons (Fsp3) is 0.381. The van der Waals surface area contributed by atoms with Crippen molar-refractivity contribution in [3.63, 3.8) is 0 Å². The predicted molar refractivity (Wildman–Crippen MR) is 97.4 cm³/mol. The molecule has 9 heteroatoms. The van der Waals surface area contributed by atoms with Gasteiger partial charge < -0.3 is 9.84 Å². The van der Waals surface area contributed by atoms with Crippen molar-refractivity contribution < 1.29 is 32.2 Å². The topological polar surface area (TPSA) is 83.2 Å². The van der Waals surface area contributed by atoms with Crippen molar-refractivity contribution in [3.05, 3.63) is 54.2 Å². The number of pyridine rings is 1. The Morgan fingerprint density at radius 1 is 1.07 bits per heavy atom. The van der Waals surface area contributed by atoms with Crippen LogP contribution in [0.5, 0.6) is 11.6 Å². The fourth-order valence-corrected chi connectivity index (χ4v) is 4.77. The quantitative estimate of drug-likeness (QED) is 0.627. The SMILES string of the molecule is CC1(C)C(C(=O)O)(C(C#N)c2cccc(Oc3ccccc3)n2)C1(C(F)F)C(F)F. The number of aliphatic carboxylic acids is 1. The summed E-state index contributed by atoms with van der Waals surface area (Å²) in [6.45, 7) is 2.04. The molecule has 0 saturated heterocycles. The van der Waals surface area contributed by atoms with Crippen molar-refractivity contribution in [2.45, 2.75) is 32.6 Å². The van der Waals surface area contributed by atoms with Crippen molar-refractivity contribution in [1.29, 1.82) is 5.26 Å². The number of aromatic nitrogens is 1. The summed E-state index contributed by atoms with van der Waals surface area (Å²) in [5.41, 5.74) is -8.25. The van der Waals surface area contributed by atoms with Crippen LogP contribution in [0.1, 0.15) is 25.5 Å². The minimum Gasteiger partial charge on any atom is -0.481 e. The first-order valence-electron chi connectivity index (χ1n) is 8.98. The van der Waals surface area contributed by atoms with E-state index in [2.05, 4.69) is 4.98 Å². The molecule has 0 radical (unpaired) electrons. The summed E-state index contributed by atoms with van der Waals surface area (Å²) in [5.74, 6) is -3.38. The highest BCUT2D eigenvalue weighted by molar-refractivity contribution is 5.85. The highest BCUT2D eigenvalue weighted by Crippen LogP contribution is 2.86. The summed E-state index contributed by atoms with van der Waals surface area (Å²) < 4.78 is 61.4. The number of halogens is 4. The molecule has 0 amide bonds. The molecule has 0 spiro atoms. The van der Waals surface area contributed by atoms with Crippen molar-refractivity contribution in [2.24, 2.45) is 16.2 Å². The zero-order valence-corrected chi connectivity index (χ0v) is 16.0. The first kappa shape index (κ1) is 21.6. The van der Waals surface area contributed by atoms with E-state index in [0.717, 1.165) is 13.8 Å². The maximum absolute atomic E-state index is 14.0. The van der Waals surface area contributed by atoms with E-state index in [1.54, 1.807) is 36.4 Å². The Hall–Kier alpha value is -3.15. The molecule has 1 saturated carbocycles. The number of rotatable bonds is 7. The molecule has 1 aliphatic rings. The number of alkyl halides is 4. The van der Waals surface area contributed by atoms with Crippen molar-refractivity contribution in [3.8, 4) is 17.7 Å². The third-order valence-corrected chi connectivity index (χ3v) is 6.20. The van der Waals surface area contributed by atoms with Gasteiger partial charge in [0, 0.05) is 11.5 Å². The second kappa shape index (κ2) is 7.27. The maximum Gasteiger partial charge on any atom is 0.313 e. The van der Waals surface area contributed by atoms with Gasteiger partial charge in [-0.25, -0.2) is 22.5 Å². The number of para-hydroxylation sites is 1. The average molecular weight is 422 g/mol. The van der Waals surface area contributed by atoms with Gasteiger partial charge in [-0.1, -0.05) is 38.1 Å². The number of carboxylic acids is 1. The Bertz CT molecular complexity index is 983. The lowest BCUT2D eigenvalue weighted by molar-refractivity contribution is -0.152. The number of nitrogens with zero attached hydrogens (tertiary/aromatic N) is 2. The third kappa shape index (κ3) is 2.59. The van der Waals surface area contributed by atoms with Crippen LogP contribution in [-0.2, 0) is 4.79 Å². The molecular weight excluding hydrogens is 404 g/mol. The van der Waals surface area contributed by atoms with Crippen LogP contribution in [-0.4, -0.2) is 28.9 Å². The van der Waals surface area contributed by atoms with E-state index in [-0.39, 0.29) is 11.6 Å². The molecule has 2 unspecified atom stereocenters. The van der Waals surface area contributed by atoms with Gasteiger partial charge >= 0.3 is 5.97 Å². The van der Waals surface area contributed by atoms with E-state index in [9.17, 15) is 32.7 Å². The van der Waals surface area contributed by atoms with Gasteiger partial charge in [0.25, 0.3) is 12.9 Å². The molecule has 2 atom stereocenters. The molecule has 0 aliphatic heterocycles. The molecule has 1 aromatic carbocycles. The monoisotopic (exact) mass is 422 g/mol. The van der Waals surface area contributed by atoms with Crippen molar-refractivity contribution in [1.82, 2.24) is 4.98 Å². The molecule has 1 N–H and O–H groups in total. The summed E-state index contributed by atoms with van der Waals surface area (Å²) in [4.78, 5) is 16.3. The summed E-state index contributed by atoms with van der Waals surface area (Å²) in [6.07, 6.45) is -7.33. The third-order valence-electron chi connectivity index (χ3n) is 6.20. The number of carboxylic acid groups (broad SMARTS) is 1. The highest BCUT2D eigenvalue weighted by Gasteiger charge is 2.95. The Morgan fingerprint density at radius 3 is 2.13 bits per heavy atom. The minimum atomic E-state index is -3.66. The van der Waals surface area contributed by atoms with Gasteiger partial charge in [0.1, 0.15) is 22.5 Å². The first-order valence-corrected chi connectivity index (χ1v) is 8.98. The van der Waals surface area contributed by atoms with Crippen LogP contribution >= 0.6 is 0 Å². The molecule has 1 heterocycles. The predicted octanol–water partition coefficient (Wildman–Crippen LogP) is 5.11. The lowest BCUT2D eigenvalue weighted by atomic mass is 9.78. The Labute approximate surface area is 169 Å². The zero-order valence-electron chi connectivity index (χ0n) is 16.0. The molecule has 30 heavy (non-hydrogen) atoms. The van der Waals surface area contributed by atoms with Gasteiger partial charge in [-0.3, -0.25) is 4.79 Å². The smallest absolute Gasteiger partial charge is 0.313 e. The second-order valence-corrected chi connectivity index (χ2v) is 7.59. The number of ether oxygens (including phenoxy) is 1. The summed E-state index contributed by atoms with van der Waals surface area (Å²) >= 11 is 0. The standard InChI is InChI=1S/C21H18F4N2O3/c1-19(2)20(18(28)29,21(19,16(22)23)17(24)25)13(11-26)14-9-6-10-15(27-14)30-12-7-4-3-5-8-12/h3-10,13,16-17H,1-2H3,(H,28,29). The van der Waals surface area contributed by atoms with E-state index >= 15 is 0 Å². The van der Waals surface area contributed by atoms with E-state index < -0.39 is 41.0 Å². The highest BCUT2D eigenvalue weighted by atomic mass is 19.3. The number of nitriles is 1. The van der Waals surface area contributed by atoms with Gasteiger partial charge in [-0.05, 0) is 18.2 Å². The molecule has 2 aromatic rings. The zero-order chi connectivity index (χ0) is 22.3. The Kier molecular flexibility index (Phi) is 5.23. The molecule has 1 aromatic heterocycles. The van der Waals surface area contributed by atoms with Crippen LogP contribution in [0.15, 0.2) is 48.5 Å². The van der Waals surface area contributed by atoms with Crippen LogP contribution in [0.25, 0.3) is 0 Å². The van der Waals surface area contributed by atoms with Crippen LogP contribution < -0.4 is 4.74 Å². The Morgan fingerprint density at radius 2 is 1.67 bits per heavy atom. The van der Waals surface area contributed by atoms with Gasteiger partial charge in [0.05, 0.1) is 11.8 Å². The molecule has 1 aliphatic carbocycles. The largest absolute Gasteiger partial charge is 0.481 e. The van der Waals surface area contributed by atoms with Gasteiger partial charge in [0.15, 0.2) is 0 Å². The van der Waals surface area contributed by atoms with E-state index in [0.29, 0.717) is 5.75 Å². The van der Waals surface area contributed by atoms with Gasteiger partial charge in [-0.2, -0.15) is 5.26 Å². The van der Waals surface area contributed by atoms with E-state index in [1.165, 1.54) is 18.2 Å². The van der Waals surface area contributed by atoms with Crippen molar-refractivity contribution in [2.75, 3.05) is 0 Å². The molecule has 1 fully saturated rings. The fourth-order valence-electron chi connectivity index (χ4n) is 4.77. The number of hydrogen-bond acceptors (Lipinski definition) is 4. The van der Waals surface area contributed by atoms with Gasteiger partial charge in [-0.15, -0.1) is 0 Å². The van der Waals surface area contributed by atoms with Crippen LogP contribution in [0.4, 0.5) is 17.6 Å². The summed E-state index contributed by atoms with van der Waals surface area (Å²) in [5, 5.41) is 19.6. The molecule has 158 valence electrons. The van der Waals surface area contributed by atoms with Crippen LogP contribution in [0.3, 0.4) is 0 Å². The summed E-state index contributed by atoms with van der Waals surface area (Å²) in [7, 11) is 0. The molecule has 5 nitrogen and oxygen atoms in total. The average Bonchev–Trinajstić information content (AvgIpc) is 3.16. The van der Waals surface area contributed by atoms with Crippen LogP contribution in [0.2, 0.25) is 0 Å². The normalized spacial score (nSPS) is 22.4.